The van der Waals surface area contributed by atoms with E-state index < -0.39 is 5.82 Å². The Labute approximate surface area is 196 Å². The van der Waals surface area contributed by atoms with Gasteiger partial charge in [-0.1, -0.05) is 0 Å². The van der Waals surface area contributed by atoms with E-state index in [1.54, 1.807) is 25.4 Å². The molecule has 0 atom stereocenters. The largest absolute Gasteiger partial charge is 0.370 e. The molecule has 3 aromatic rings. The number of amides is 1. The van der Waals surface area contributed by atoms with Crippen LogP contribution in [0.5, 0.6) is 0 Å². The molecule has 4 aliphatic rings. The first kappa shape index (κ1) is 21.2. The second kappa shape index (κ2) is 7.87. The number of H-pyrrole nitrogens is 1. The van der Waals surface area contributed by atoms with Crippen molar-refractivity contribution in [3.8, 4) is 0 Å². The van der Waals surface area contributed by atoms with Gasteiger partial charge in [-0.2, -0.15) is 0 Å². The number of benzene rings is 1. The fraction of sp³-hybridized carbons (Fsp3) is 0.440. The van der Waals surface area contributed by atoms with Crippen LogP contribution in [0.1, 0.15) is 42.0 Å². The van der Waals surface area contributed by atoms with Crippen LogP contribution < -0.4 is 15.8 Å². The van der Waals surface area contributed by atoms with Gasteiger partial charge in [0.05, 0.1) is 22.8 Å². The van der Waals surface area contributed by atoms with Gasteiger partial charge in [0.15, 0.2) is 0 Å². The van der Waals surface area contributed by atoms with Gasteiger partial charge in [-0.25, -0.2) is 14.4 Å². The molecule has 2 N–H and O–H groups in total. The van der Waals surface area contributed by atoms with Gasteiger partial charge in [-0.05, 0) is 56.0 Å². The minimum absolute atomic E-state index is 0.108. The number of pyridine rings is 1. The van der Waals surface area contributed by atoms with Crippen molar-refractivity contribution in [3.05, 3.63) is 64.2 Å². The van der Waals surface area contributed by atoms with Crippen LogP contribution in [0.3, 0.4) is 0 Å². The van der Waals surface area contributed by atoms with Gasteiger partial charge in [0.2, 0.25) is 0 Å². The molecule has 3 saturated heterocycles. The van der Waals surface area contributed by atoms with Gasteiger partial charge in [0.25, 0.3) is 11.5 Å². The Morgan fingerprint density at radius 2 is 1.97 bits per heavy atom. The number of hydrogen-bond acceptors (Lipinski definition) is 6. The summed E-state index contributed by atoms with van der Waals surface area (Å²) in [6, 6.07) is 8.97. The molecule has 9 heteroatoms. The van der Waals surface area contributed by atoms with Gasteiger partial charge in [-0.15, -0.1) is 0 Å². The highest BCUT2D eigenvalue weighted by atomic mass is 19.1. The first-order valence-corrected chi connectivity index (χ1v) is 11.8. The third-order valence-corrected chi connectivity index (χ3v) is 7.88. The summed E-state index contributed by atoms with van der Waals surface area (Å²) in [5, 5.41) is 2.90. The normalized spacial score (nSPS) is 24.9. The molecule has 176 valence electrons. The van der Waals surface area contributed by atoms with Crippen molar-refractivity contribution >= 4 is 22.5 Å². The average molecular weight is 463 g/mol. The number of nitrogens with zero attached hydrogens (tertiary/aromatic N) is 4. The highest BCUT2D eigenvalue weighted by molar-refractivity contribution is 5.92. The molecule has 1 saturated carbocycles. The summed E-state index contributed by atoms with van der Waals surface area (Å²) in [6.07, 6.45) is 5.91. The molecule has 2 aromatic heterocycles. The van der Waals surface area contributed by atoms with Gasteiger partial charge < -0.3 is 15.2 Å². The third-order valence-electron chi connectivity index (χ3n) is 7.88. The van der Waals surface area contributed by atoms with Crippen molar-refractivity contribution in [2.45, 2.75) is 43.2 Å². The van der Waals surface area contributed by atoms with Gasteiger partial charge in [0, 0.05) is 44.2 Å². The number of aromatic amines is 1. The molecule has 3 aliphatic heterocycles. The van der Waals surface area contributed by atoms with E-state index >= 15 is 0 Å². The second-order valence-electron chi connectivity index (χ2n) is 9.79. The van der Waals surface area contributed by atoms with Crippen LogP contribution >= 0.6 is 0 Å². The Hall–Kier alpha value is -3.33. The summed E-state index contributed by atoms with van der Waals surface area (Å²) < 4.78 is 13.5. The number of nitrogens with one attached hydrogen (secondary N) is 2. The second-order valence-corrected chi connectivity index (χ2v) is 9.79. The van der Waals surface area contributed by atoms with E-state index in [4.69, 9.17) is 4.98 Å². The van der Waals surface area contributed by atoms with Gasteiger partial charge in [0.1, 0.15) is 17.3 Å². The Kier molecular flexibility index (Phi) is 4.91. The lowest BCUT2D eigenvalue weighted by atomic mass is 9.69. The zero-order chi connectivity index (χ0) is 23.4. The van der Waals surface area contributed by atoms with E-state index in [9.17, 15) is 14.0 Å². The van der Waals surface area contributed by atoms with E-state index in [1.807, 2.05) is 6.07 Å². The molecule has 4 fully saturated rings. The number of anilines is 1. The van der Waals surface area contributed by atoms with Crippen LogP contribution in [-0.4, -0.2) is 64.5 Å². The molecule has 0 unspecified atom stereocenters. The van der Waals surface area contributed by atoms with E-state index in [1.165, 1.54) is 12.1 Å². The van der Waals surface area contributed by atoms with Crippen LogP contribution in [0, 0.1) is 5.82 Å². The van der Waals surface area contributed by atoms with Crippen LogP contribution in [0.25, 0.3) is 10.9 Å². The quantitative estimate of drug-likeness (QED) is 0.618. The molecule has 2 bridgehead atoms. The van der Waals surface area contributed by atoms with E-state index in [0.29, 0.717) is 28.7 Å². The molecule has 7 rings (SSSR count). The molecular weight excluding hydrogens is 435 g/mol. The fourth-order valence-electron chi connectivity index (χ4n) is 6.03. The van der Waals surface area contributed by atoms with Gasteiger partial charge >= 0.3 is 0 Å². The summed E-state index contributed by atoms with van der Waals surface area (Å²) in [7, 11) is 1.60. The zero-order valence-electron chi connectivity index (χ0n) is 19.1. The molecule has 0 spiro atoms. The SMILES string of the molecule is CNC(=O)c1ccc(N2CCC(N3CC4(c5nc6ccc(F)cc6c(=O)[nH]5)CC3C4)CC2)cn1. The monoisotopic (exact) mass is 462 g/mol. The summed E-state index contributed by atoms with van der Waals surface area (Å²) in [5.41, 5.74) is 1.65. The number of hydrogen-bond donors (Lipinski definition) is 2. The number of carbonyl (C=O) groups is 1. The molecule has 1 amide bonds. The minimum Gasteiger partial charge on any atom is -0.370 e. The van der Waals surface area contributed by atoms with Crippen molar-refractivity contribution in [1.29, 1.82) is 0 Å². The van der Waals surface area contributed by atoms with Gasteiger partial charge in [-0.3, -0.25) is 14.5 Å². The molecule has 1 aromatic carbocycles. The van der Waals surface area contributed by atoms with Crippen molar-refractivity contribution < 1.29 is 9.18 Å². The molecule has 0 radical (unpaired) electrons. The van der Waals surface area contributed by atoms with E-state index in [2.05, 4.69) is 25.1 Å². The lowest BCUT2D eigenvalue weighted by Gasteiger charge is -2.40. The average Bonchev–Trinajstić information content (AvgIpc) is 3.42. The van der Waals surface area contributed by atoms with Crippen molar-refractivity contribution in [3.63, 3.8) is 0 Å². The first-order chi connectivity index (χ1) is 16.5. The first-order valence-electron chi connectivity index (χ1n) is 11.8. The molecule has 34 heavy (non-hydrogen) atoms. The Bertz CT molecular complexity index is 1310. The van der Waals surface area contributed by atoms with E-state index in [0.717, 1.165) is 56.8 Å². The molecule has 5 heterocycles. The van der Waals surface area contributed by atoms with Crippen molar-refractivity contribution in [2.24, 2.45) is 0 Å². The lowest BCUT2D eigenvalue weighted by Crippen LogP contribution is -2.46. The Morgan fingerprint density at radius 3 is 2.68 bits per heavy atom. The standard InChI is InChI=1S/C25H27FN6O2/c1-27-23(34)21-5-3-17(13-28-21)31-8-6-16(7-9-31)32-14-25(11-18(32)12-25)24-29-20-4-2-15(26)10-19(20)22(33)30-24/h2-5,10,13,16,18H,6-9,11-12,14H2,1H3,(H,27,34)(H,29,30,33). The summed E-state index contributed by atoms with van der Waals surface area (Å²) in [4.78, 5) is 41.2. The maximum absolute atomic E-state index is 13.5. The number of fused-ring (bicyclic) bond motifs is 2. The molecule has 1 aliphatic carbocycles. The van der Waals surface area contributed by atoms with Crippen LogP contribution in [0.4, 0.5) is 10.1 Å². The van der Waals surface area contributed by atoms with E-state index in [-0.39, 0.29) is 16.9 Å². The zero-order valence-corrected chi connectivity index (χ0v) is 19.1. The molecular formula is C25H27FN6O2. The maximum atomic E-state index is 13.5. The minimum atomic E-state index is -0.425. The summed E-state index contributed by atoms with van der Waals surface area (Å²) in [5.74, 6) is 0.141. The van der Waals surface area contributed by atoms with Crippen LogP contribution in [0.2, 0.25) is 0 Å². The fourth-order valence-corrected chi connectivity index (χ4v) is 6.03. The van der Waals surface area contributed by atoms with Crippen LogP contribution in [-0.2, 0) is 5.41 Å². The summed E-state index contributed by atoms with van der Waals surface area (Å²) >= 11 is 0. The highest BCUT2D eigenvalue weighted by Gasteiger charge is 2.59. The number of aromatic nitrogens is 3. The third kappa shape index (κ3) is 3.37. The number of halogens is 1. The lowest BCUT2D eigenvalue weighted by molar-refractivity contribution is 0.0958. The smallest absolute Gasteiger partial charge is 0.269 e. The maximum Gasteiger partial charge on any atom is 0.269 e. The highest BCUT2D eigenvalue weighted by Crippen LogP contribution is 2.53. The molecule has 8 nitrogen and oxygen atoms in total. The van der Waals surface area contributed by atoms with Crippen molar-refractivity contribution in [1.82, 2.24) is 25.2 Å². The van der Waals surface area contributed by atoms with Crippen molar-refractivity contribution in [2.75, 3.05) is 31.6 Å². The summed E-state index contributed by atoms with van der Waals surface area (Å²) in [6.45, 7) is 2.79. The predicted octanol–water partition coefficient (Wildman–Crippen LogP) is 2.20. The van der Waals surface area contributed by atoms with Crippen LogP contribution in [0.15, 0.2) is 41.3 Å². The Morgan fingerprint density at radius 1 is 1.18 bits per heavy atom. The number of rotatable bonds is 4. The number of piperidine rings is 1. The Balaban J connectivity index is 1.13. The predicted molar refractivity (Wildman–Crippen MR) is 127 cm³/mol. The topological polar surface area (TPSA) is 94.2 Å². The number of carbonyl (C=O) groups excluding carboxylic acids is 1.